The predicted octanol–water partition coefficient (Wildman–Crippen LogP) is -0.827. The second-order valence-electron chi connectivity index (χ2n) is 4.39. The maximum absolute atomic E-state index is 11.1. The van der Waals surface area contributed by atoms with E-state index in [1.807, 2.05) is 0 Å². The standard InChI is InChI=1S/C12H18O8/c1-6(13)17-5-10-12(20-8(3)15)11(19-7(2)14)9(16)4-18-10/h9-12,16H,4-5H2,1-3H3/t9?,10?,11-,12-/m1/s1. The van der Waals surface area contributed by atoms with E-state index in [9.17, 15) is 19.5 Å². The largest absolute Gasteiger partial charge is 0.463 e. The first-order valence-electron chi connectivity index (χ1n) is 6.08. The van der Waals surface area contributed by atoms with Crippen LogP contribution in [0.25, 0.3) is 0 Å². The van der Waals surface area contributed by atoms with E-state index in [4.69, 9.17) is 18.9 Å². The molecule has 1 N–H and O–H groups in total. The fourth-order valence-electron chi connectivity index (χ4n) is 1.86. The third-order valence-electron chi connectivity index (χ3n) is 2.61. The molecule has 0 amide bonds. The quantitative estimate of drug-likeness (QED) is 0.528. The van der Waals surface area contributed by atoms with Crippen LogP contribution in [-0.2, 0) is 33.3 Å². The van der Waals surface area contributed by atoms with Gasteiger partial charge in [-0.2, -0.15) is 0 Å². The van der Waals surface area contributed by atoms with Gasteiger partial charge in [0.2, 0.25) is 0 Å². The molecule has 8 nitrogen and oxygen atoms in total. The zero-order chi connectivity index (χ0) is 15.3. The Hall–Kier alpha value is -1.67. The molecule has 0 aromatic heterocycles. The van der Waals surface area contributed by atoms with Gasteiger partial charge in [-0.05, 0) is 0 Å². The number of hydrogen-bond acceptors (Lipinski definition) is 8. The van der Waals surface area contributed by atoms with Crippen molar-refractivity contribution in [3.63, 3.8) is 0 Å². The molecular weight excluding hydrogens is 272 g/mol. The number of rotatable bonds is 4. The summed E-state index contributed by atoms with van der Waals surface area (Å²) in [5, 5.41) is 9.80. The first kappa shape index (κ1) is 16.4. The van der Waals surface area contributed by atoms with Gasteiger partial charge in [-0.1, -0.05) is 0 Å². The molecule has 1 rings (SSSR count). The molecule has 1 saturated heterocycles. The van der Waals surface area contributed by atoms with Crippen molar-refractivity contribution in [1.29, 1.82) is 0 Å². The highest BCUT2D eigenvalue weighted by Gasteiger charge is 2.44. The van der Waals surface area contributed by atoms with E-state index in [1.165, 1.54) is 20.8 Å². The summed E-state index contributed by atoms with van der Waals surface area (Å²) >= 11 is 0. The number of carbonyl (C=O) groups excluding carboxylic acids is 3. The normalized spacial score (nSPS) is 29.4. The Labute approximate surface area is 115 Å². The first-order chi connectivity index (χ1) is 9.31. The van der Waals surface area contributed by atoms with E-state index in [2.05, 4.69) is 0 Å². The van der Waals surface area contributed by atoms with Crippen LogP contribution in [0.3, 0.4) is 0 Å². The Morgan fingerprint density at radius 2 is 1.60 bits per heavy atom. The van der Waals surface area contributed by atoms with E-state index < -0.39 is 42.3 Å². The number of carbonyl (C=O) groups is 3. The SMILES string of the molecule is CC(=O)OCC1OCC(O)[C@@H](OC(C)=O)[C@@H]1OC(C)=O. The summed E-state index contributed by atoms with van der Waals surface area (Å²) < 4.78 is 20.1. The molecule has 0 radical (unpaired) electrons. The Bertz CT molecular complexity index is 380. The predicted molar refractivity (Wildman–Crippen MR) is 63.5 cm³/mol. The molecule has 1 heterocycles. The minimum absolute atomic E-state index is 0.123. The van der Waals surface area contributed by atoms with Gasteiger partial charge in [-0.15, -0.1) is 0 Å². The van der Waals surface area contributed by atoms with Crippen LogP contribution in [-0.4, -0.2) is 60.6 Å². The van der Waals surface area contributed by atoms with Gasteiger partial charge in [0.1, 0.15) is 18.8 Å². The molecular formula is C12H18O8. The Morgan fingerprint density at radius 1 is 1.05 bits per heavy atom. The molecule has 2 unspecified atom stereocenters. The lowest BCUT2D eigenvalue weighted by molar-refractivity contribution is -0.225. The molecule has 1 aliphatic heterocycles. The third kappa shape index (κ3) is 4.78. The fourth-order valence-corrected chi connectivity index (χ4v) is 1.86. The monoisotopic (exact) mass is 290 g/mol. The molecule has 20 heavy (non-hydrogen) atoms. The van der Waals surface area contributed by atoms with E-state index in [1.54, 1.807) is 0 Å². The third-order valence-corrected chi connectivity index (χ3v) is 2.61. The molecule has 0 aromatic rings. The highest BCUT2D eigenvalue weighted by atomic mass is 16.6. The van der Waals surface area contributed by atoms with Crippen LogP contribution in [0.5, 0.6) is 0 Å². The summed E-state index contributed by atoms with van der Waals surface area (Å²) in [5.74, 6) is -1.78. The first-order valence-corrected chi connectivity index (χ1v) is 6.08. The maximum atomic E-state index is 11.1. The van der Waals surface area contributed by atoms with Crippen molar-refractivity contribution in [2.45, 2.75) is 45.2 Å². The van der Waals surface area contributed by atoms with E-state index in [0.717, 1.165) is 0 Å². The Morgan fingerprint density at radius 3 is 2.10 bits per heavy atom. The highest BCUT2D eigenvalue weighted by molar-refractivity contribution is 5.67. The van der Waals surface area contributed by atoms with Crippen LogP contribution >= 0.6 is 0 Å². The minimum Gasteiger partial charge on any atom is -0.463 e. The Kier molecular flexibility index (Phi) is 5.90. The lowest BCUT2D eigenvalue weighted by Gasteiger charge is -2.38. The summed E-state index contributed by atoms with van der Waals surface area (Å²) in [6.07, 6.45) is -4.04. The van der Waals surface area contributed by atoms with Crippen molar-refractivity contribution in [2.24, 2.45) is 0 Å². The summed E-state index contributed by atoms with van der Waals surface area (Å²) in [7, 11) is 0. The van der Waals surface area contributed by atoms with Gasteiger partial charge in [0.05, 0.1) is 6.61 Å². The van der Waals surface area contributed by atoms with Crippen LogP contribution in [0.2, 0.25) is 0 Å². The molecule has 0 aliphatic carbocycles. The van der Waals surface area contributed by atoms with Gasteiger partial charge in [-0.3, -0.25) is 14.4 Å². The molecule has 8 heteroatoms. The number of ether oxygens (including phenoxy) is 4. The molecule has 0 saturated carbocycles. The van der Waals surface area contributed by atoms with Gasteiger partial charge in [0.25, 0.3) is 0 Å². The summed E-state index contributed by atoms with van der Waals surface area (Å²) in [5.41, 5.74) is 0. The van der Waals surface area contributed by atoms with Crippen molar-refractivity contribution >= 4 is 17.9 Å². The van der Waals surface area contributed by atoms with E-state index in [0.29, 0.717) is 0 Å². The Balaban J connectivity index is 2.83. The maximum Gasteiger partial charge on any atom is 0.303 e. The van der Waals surface area contributed by atoms with Gasteiger partial charge < -0.3 is 24.1 Å². The van der Waals surface area contributed by atoms with Crippen molar-refractivity contribution in [1.82, 2.24) is 0 Å². The zero-order valence-corrected chi connectivity index (χ0v) is 11.5. The van der Waals surface area contributed by atoms with Crippen molar-refractivity contribution in [3.05, 3.63) is 0 Å². The van der Waals surface area contributed by atoms with Gasteiger partial charge >= 0.3 is 17.9 Å². The van der Waals surface area contributed by atoms with Gasteiger partial charge in [0, 0.05) is 20.8 Å². The second-order valence-corrected chi connectivity index (χ2v) is 4.39. The second kappa shape index (κ2) is 7.20. The lowest BCUT2D eigenvalue weighted by atomic mass is 10.00. The van der Waals surface area contributed by atoms with Crippen molar-refractivity contribution < 1.29 is 38.4 Å². The van der Waals surface area contributed by atoms with Crippen LogP contribution in [0, 0.1) is 0 Å². The van der Waals surface area contributed by atoms with Crippen LogP contribution in [0.1, 0.15) is 20.8 Å². The molecule has 0 spiro atoms. The summed E-state index contributed by atoms with van der Waals surface area (Å²) in [6, 6.07) is 0. The molecule has 4 atom stereocenters. The highest BCUT2D eigenvalue weighted by Crippen LogP contribution is 2.22. The lowest BCUT2D eigenvalue weighted by Crippen LogP contribution is -2.57. The number of hydrogen-bond donors (Lipinski definition) is 1. The molecule has 114 valence electrons. The van der Waals surface area contributed by atoms with Crippen molar-refractivity contribution in [3.8, 4) is 0 Å². The fraction of sp³-hybridized carbons (Fsp3) is 0.750. The summed E-state index contributed by atoms with van der Waals surface area (Å²) in [4.78, 5) is 33.0. The van der Waals surface area contributed by atoms with Crippen LogP contribution < -0.4 is 0 Å². The van der Waals surface area contributed by atoms with Crippen molar-refractivity contribution in [2.75, 3.05) is 13.2 Å². The van der Waals surface area contributed by atoms with Crippen LogP contribution in [0.4, 0.5) is 0 Å². The molecule has 0 bridgehead atoms. The van der Waals surface area contributed by atoms with E-state index in [-0.39, 0.29) is 13.2 Å². The average molecular weight is 290 g/mol. The number of aliphatic hydroxyl groups excluding tert-OH is 1. The number of esters is 3. The topological polar surface area (TPSA) is 108 Å². The minimum atomic E-state index is -1.13. The molecule has 1 aliphatic rings. The van der Waals surface area contributed by atoms with E-state index >= 15 is 0 Å². The van der Waals surface area contributed by atoms with Gasteiger partial charge in [0.15, 0.2) is 12.2 Å². The molecule has 1 fully saturated rings. The van der Waals surface area contributed by atoms with Crippen LogP contribution in [0.15, 0.2) is 0 Å². The smallest absolute Gasteiger partial charge is 0.303 e. The summed E-state index contributed by atoms with van der Waals surface area (Å²) in [6.45, 7) is 3.28. The van der Waals surface area contributed by atoms with Gasteiger partial charge in [-0.25, -0.2) is 0 Å². The average Bonchev–Trinajstić information content (AvgIpc) is 2.31. The molecule has 0 aromatic carbocycles. The number of aliphatic hydroxyl groups is 1. The zero-order valence-electron chi connectivity index (χ0n) is 11.5.